The van der Waals surface area contributed by atoms with Crippen molar-refractivity contribution in [1.29, 1.82) is 0 Å². The molecule has 0 unspecified atom stereocenters. The van der Waals surface area contributed by atoms with E-state index in [9.17, 15) is 8.42 Å². The molecule has 1 N–H and O–H groups in total. The maximum Gasteiger partial charge on any atom is 0.178 e. The first-order chi connectivity index (χ1) is 14.9. The molecule has 0 saturated carbocycles. The minimum absolute atomic E-state index is 0.0587. The van der Waals surface area contributed by atoms with Gasteiger partial charge in [0, 0.05) is 35.6 Å². The van der Waals surface area contributed by atoms with Crippen LogP contribution in [0, 0.1) is 0 Å². The molecule has 0 fully saturated rings. The highest BCUT2D eigenvalue weighted by molar-refractivity contribution is 7.91. The van der Waals surface area contributed by atoms with E-state index in [1.54, 1.807) is 39.3 Å². The van der Waals surface area contributed by atoms with Gasteiger partial charge in [-0.15, -0.1) is 0 Å². The summed E-state index contributed by atoms with van der Waals surface area (Å²) in [5, 5.41) is 0. The number of aromatic amines is 1. The molecule has 166 valence electrons. The molecular weight excluding hydrogens is 412 g/mol. The van der Waals surface area contributed by atoms with Crippen LogP contribution < -0.4 is 9.47 Å². The van der Waals surface area contributed by atoms with Gasteiger partial charge >= 0.3 is 0 Å². The monoisotopic (exact) mass is 442 g/mol. The molecule has 3 aromatic rings. The number of benzene rings is 2. The first-order valence-electron chi connectivity index (χ1n) is 10.3. The smallest absolute Gasteiger partial charge is 0.178 e. The van der Waals surface area contributed by atoms with Crippen LogP contribution in [-0.4, -0.2) is 44.8 Å². The predicted octanol–water partition coefficient (Wildman–Crippen LogP) is 4.51. The summed E-state index contributed by atoms with van der Waals surface area (Å²) in [6.45, 7) is 6.14. The van der Waals surface area contributed by atoms with Crippen molar-refractivity contribution < 1.29 is 17.9 Å². The molecule has 1 heterocycles. The SMILES string of the molecule is CCN(Cc1ccc(-c2cc(S(=O)(=O)CC)ccc2OC)[nH]1)Cc1ccccc1OC. The van der Waals surface area contributed by atoms with Gasteiger partial charge in [0.05, 0.1) is 24.9 Å². The molecule has 0 aliphatic carbocycles. The van der Waals surface area contributed by atoms with E-state index in [2.05, 4.69) is 22.9 Å². The summed E-state index contributed by atoms with van der Waals surface area (Å²) in [5.74, 6) is 1.57. The Labute approximate surface area is 184 Å². The zero-order valence-corrected chi connectivity index (χ0v) is 19.3. The van der Waals surface area contributed by atoms with Gasteiger partial charge in [-0.1, -0.05) is 32.0 Å². The summed E-state index contributed by atoms with van der Waals surface area (Å²) in [7, 11) is -0.0274. The lowest BCUT2D eigenvalue weighted by atomic mass is 10.1. The van der Waals surface area contributed by atoms with Crippen molar-refractivity contribution >= 4 is 9.84 Å². The van der Waals surface area contributed by atoms with E-state index >= 15 is 0 Å². The number of nitrogens with zero attached hydrogens (tertiary/aromatic N) is 1. The van der Waals surface area contributed by atoms with Gasteiger partial charge in [-0.3, -0.25) is 4.90 Å². The van der Waals surface area contributed by atoms with Gasteiger partial charge < -0.3 is 14.5 Å². The summed E-state index contributed by atoms with van der Waals surface area (Å²) >= 11 is 0. The van der Waals surface area contributed by atoms with E-state index in [1.165, 1.54) is 0 Å². The van der Waals surface area contributed by atoms with E-state index in [0.717, 1.165) is 47.9 Å². The Bertz CT molecular complexity index is 1120. The summed E-state index contributed by atoms with van der Waals surface area (Å²) in [5.41, 5.74) is 3.74. The van der Waals surface area contributed by atoms with Gasteiger partial charge in [-0.25, -0.2) is 8.42 Å². The van der Waals surface area contributed by atoms with Crippen molar-refractivity contribution in [2.45, 2.75) is 31.8 Å². The highest BCUT2D eigenvalue weighted by atomic mass is 32.2. The van der Waals surface area contributed by atoms with E-state index < -0.39 is 9.84 Å². The number of hydrogen-bond acceptors (Lipinski definition) is 5. The zero-order chi connectivity index (χ0) is 22.4. The molecule has 0 saturated heterocycles. The number of rotatable bonds is 10. The molecule has 0 bridgehead atoms. The van der Waals surface area contributed by atoms with Crippen molar-refractivity contribution in [3.63, 3.8) is 0 Å². The highest BCUT2D eigenvalue weighted by Gasteiger charge is 2.17. The van der Waals surface area contributed by atoms with Gasteiger partial charge in [0.25, 0.3) is 0 Å². The molecule has 0 aliphatic heterocycles. The average molecular weight is 443 g/mol. The number of sulfone groups is 1. The highest BCUT2D eigenvalue weighted by Crippen LogP contribution is 2.32. The second-order valence-electron chi connectivity index (χ2n) is 7.28. The quantitative estimate of drug-likeness (QED) is 0.500. The number of aromatic nitrogens is 1. The topological polar surface area (TPSA) is 71.6 Å². The molecule has 0 aliphatic rings. The van der Waals surface area contributed by atoms with Gasteiger partial charge in [0.1, 0.15) is 11.5 Å². The lowest BCUT2D eigenvalue weighted by Gasteiger charge is -2.21. The molecule has 31 heavy (non-hydrogen) atoms. The van der Waals surface area contributed by atoms with Crippen LogP contribution in [0.4, 0.5) is 0 Å². The van der Waals surface area contributed by atoms with Crippen molar-refractivity contribution in [3.8, 4) is 22.8 Å². The number of para-hydroxylation sites is 1. The summed E-state index contributed by atoms with van der Waals surface area (Å²) in [6.07, 6.45) is 0. The van der Waals surface area contributed by atoms with Crippen LogP contribution in [0.1, 0.15) is 25.1 Å². The first kappa shape index (κ1) is 22.9. The molecule has 0 amide bonds. The van der Waals surface area contributed by atoms with Crippen LogP contribution in [0.2, 0.25) is 0 Å². The van der Waals surface area contributed by atoms with Crippen molar-refractivity contribution in [3.05, 3.63) is 65.9 Å². The Morgan fingerprint density at radius 2 is 1.65 bits per heavy atom. The third-order valence-electron chi connectivity index (χ3n) is 5.37. The van der Waals surface area contributed by atoms with Crippen LogP contribution >= 0.6 is 0 Å². The summed E-state index contributed by atoms with van der Waals surface area (Å²) in [6, 6.07) is 17.0. The lowest BCUT2D eigenvalue weighted by molar-refractivity contribution is 0.263. The molecule has 7 heteroatoms. The number of nitrogens with one attached hydrogen (secondary N) is 1. The van der Waals surface area contributed by atoms with E-state index in [1.807, 2.05) is 30.3 Å². The Morgan fingerprint density at radius 3 is 2.32 bits per heavy atom. The maximum absolute atomic E-state index is 12.3. The first-order valence-corrected chi connectivity index (χ1v) is 12.0. The van der Waals surface area contributed by atoms with Crippen LogP contribution in [0.15, 0.2) is 59.5 Å². The molecule has 6 nitrogen and oxygen atoms in total. The van der Waals surface area contributed by atoms with Gasteiger partial charge in [0.15, 0.2) is 9.84 Å². The van der Waals surface area contributed by atoms with Crippen LogP contribution in [0.25, 0.3) is 11.3 Å². The number of hydrogen-bond donors (Lipinski definition) is 1. The normalized spacial score (nSPS) is 11.6. The fraction of sp³-hybridized carbons (Fsp3) is 0.333. The van der Waals surface area contributed by atoms with Gasteiger partial charge in [-0.2, -0.15) is 0 Å². The third-order valence-corrected chi connectivity index (χ3v) is 7.11. The zero-order valence-electron chi connectivity index (χ0n) is 18.5. The molecule has 2 aromatic carbocycles. The van der Waals surface area contributed by atoms with Crippen molar-refractivity contribution in [2.75, 3.05) is 26.5 Å². The molecular formula is C24H30N2O4S. The molecule has 1 aromatic heterocycles. The van der Waals surface area contributed by atoms with Crippen molar-refractivity contribution in [2.24, 2.45) is 0 Å². The lowest BCUT2D eigenvalue weighted by Crippen LogP contribution is -2.22. The second-order valence-corrected chi connectivity index (χ2v) is 9.56. The van der Waals surface area contributed by atoms with E-state index in [0.29, 0.717) is 10.6 Å². The Morgan fingerprint density at radius 1 is 0.903 bits per heavy atom. The third kappa shape index (κ3) is 5.29. The maximum atomic E-state index is 12.3. The minimum atomic E-state index is -3.30. The Hall–Kier alpha value is -2.77. The average Bonchev–Trinajstić information content (AvgIpc) is 3.26. The second kappa shape index (κ2) is 10.0. The van der Waals surface area contributed by atoms with E-state index in [4.69, 9.17) is 9.47 Å². The number of ether oxygens (including phenoxy) is 2. The van der Waals surface area contributed by atoms with E-state index in [-0.39, 0.29) is 5.75 Å². The summed E-state index contributed by atoms with van der Waals surface area (Å²) in [4.78, 5) is 6.04. The number of methoxy groups -OCH3 is 2. The molecule has 0 atom stereocenters. The standard InChI is InChI=1S/C24H30N2O4S/c1-5-26(16-18-9-7-8-10-23(18)29-3)17-19-11-13-22(25-19)21-15-20(31(27,28)6-2)12-14-24(21)30-4/h7-15,25H,5-6,16-17H2,1-4H3. The minimum Gasteiger partial charge on any atom is -0.496 e. The van der Waals surface area contributed by atoms with Crippen LogP contribution in [0.5, 0.6) is 11.5 Å². The van der Waals surface area contributed by atoms with Gasteiger partial charge in [0.2, 0.25) is 0 Å². The fourth-order valence-corrected chi connectivity index (χ4v) is 4.45. The van der Waals surface area contributed by atoms with Crippen molar-refractivity contribution in [1.82, 2.24) is 9.88 Å². The molecule has 0 radical (unpaired) electrons. The van der Waals surface area contributed by atoms with Crippen LogP contribution in [0.3, 0.4) is 0 Å². The largest absolute Gasteiger partial charge is 0.496 e. The van der Waals surface area contributed by atoms with Crippen LogP contribution in [-0.2, 0) is 22.9 Å². The molecule has 3 rings (SSSR count). The summed E-state index contributed by atoms with van der Waals surface area (Å²) < 4.78 is 35.6. The van der Waals surface area contributed by atoms with Gasteiger partial charge in [-0.05, 0) is 42.9 Å². The number of H-pyrrole nitrogens is 1. The predicted molar refractivity (Wildman–Crippen MR) is 123 cm³/mol. The fourth-order valence-electron chi connectivity index (χ4n) is 3.54. The Balaban J connectivity index is 1.84. The Kier molecular flexibility index (Phi) is 7.41. The molecule has 0 spiro atoms.